The number of benzene rings is 2. The van der Waals surface area contributed by atoms with E-state index in [1.54, 1.807) is 66.5 Å². The molecule has 1 aliphatic rings. The second-order valence-corrected chi connectivity index (χ2v) is 8.63. The van der Waals surface area contributed by atoms with Crippen molar-refractivity contribution >= 4 is 23.5 Å². The van der Waals surface area contributed by atoms with Gasteiger partial charge in [-0.3, -0.25) is 9.59 Å². The van der Waals surface area contributed by atoms with E-state index in [0.29, 0.717) is 22.6 Å². The first-order chi connectivity index (χ1) is 16.8. The second kappa shape index (κ2) is 9.25. The Balaban J connectivity index is 2.05. The summed E-state index contributed by atoms with van der Waals surface area (Å²) in [5.41, 5.74) is -0.282. The fourth-order valence-corrected chi connectivity index (χ4v) is 4.72. The van der Waals surface area contributed by atoms with Crippen LogP contribution < -0.4 is 15.0 Å². The predicted octanol–water partition coefficient (Wildman–Crippen LogP) is 3.67. The molecule has 0 bridgehead atoms. The molecule has 1 N–H and O–H groups in total. The van der Waals surface area contributed by atoms with Crippen LogP contribution in [-0.4, -0.2) is 48.6 Å². The van der Waals surface area contributed by atoms with Crippen LogP contribution in [0.1, 0.15) is 47.6 Å². The maximum atomic E-state index is 14.3. The van der Waals surface area contributed by atoms with Crippen LogP contribution in [0.2, 0.25) is 0 Å². The Kier molecular flexibility index (Phi) is 6.34. The van der Waals surface area contributed by atoms with Crippen molar-refractivity contribution in [2.45, 2.75) is 31.3 Å². The van der Waals surface area contributed by atoms with Gasteiger partial charge in [0.1, 0.15) is 5.75 Å². The molecule has 0 fully saturated rings. The highest BCUT2D eigenvalue weighted by molar-refractivity contribution is 6.14. The van der Waals surface area contributed by atoms with Crippen molar-refractivity contribution in [1.29, 1.82) is 0 Å². The Morgan fingerprint density at radius 1 is 1.09 bits per heavy atom. The van der Waals surface area contributed by atoms with Gasteiger partial charge >= 0.3 is 6.09 Å². The van der Waals surface area contributed by atoms with Crippen molar-refractivity contribution in [3.63, 3.8) is 0 Å². The summed E-state index contributed by atoms with van der Waals surface area (Å²) in [6.07, 6.45) is 2.43. The van der Waals surface area contributed by atoms with E-state index < -0.39 is 29.2 Å². The Labute approximate surface area is 203 Å². The molecule has 0 saturated heterocycles. The zero-order valence-electron chi connectivity index (χ0n) is 20.3. The topological polar surface area (TPSA) is 103 Å². The minimum Gasteiger partial charge on any atom is -0.497 e. The summed E-state index contributed by atoms with van der Waals surface area (Å²) in [7, 11) is 4.33. The molecule has 1 aromatic heterocycles. The van der Waals surface area contributed by atoms with Crippen LogP contribution in [0.25, 0.3) is 0 Å². The Morgan fingerprint density at radius 2 is 1.80 bits per heavy atom. The number of anilines is 1. The SMILES string of the molecule is COC(=O)N[C@@]1([C@H](C(=O)c2nccn2C(C)C)c2ccccc2)C(=O)N(C)c2ccc(OC)cc21. The molecule has 35 heavy (non-hydrogen) atoms. The van der Waals surface area contributed by atoms with E-state index in [0.717, 1.165) is 0 Å². The average molecular weight is 477 g/mol. The zero-order valence-corrected chi connectivity index (χ0v) is 20.3. The lowest BCUT2D eigenvalue weighted by Gasteiger charge is -2.36. The van der Waals surface area contributed by atoms with E-state index in [4.69, 9.17) is 9.47 Å². The summed E-state index contributed by atoms with van der Waals surface area (Å²) in [6, 6.07) is 14.0. The Morgan fingerprint density at radius 3 is 2.43 bits per heavy atom. The van der Waals surface area contributed by atoms with Crippen molar-refractivity contribution < 1.29 is 23.9 Å². The van der Waals surface area contributed by atoms with Gasteiger partial charge in [-0.2, -0.15) is 0 Å². The number of hydrogen-bond donors (Lipinski definition) is 1. The summed E-state index contributed by atoms with van der Waals surface area (Å²) < 4.78 is 12.1. The number of likely N-dealkylation sites (N-methyl/N-ethyl adjacent to an activating group) is 1. The number of rotatable bonds is 7. The number of carbonyl (C=O) groups is 3. The number of carbonyl (C=O) groups excluding carboxylic acids is 3. The molecule has 2 amide bonds. The molecule has 0 radical (unpaired) electrons. The summed E-state index contributed by atoms with van der Waals surface area (Å²) in [5.74, 6) is -1.37. The van der Waals surface area contributed by atoms with Gasteiger partial charge in [-0.1, -0.05) is 30.3 Å². The molecule has 0 aliphatic carbocycles. The normalized spacial score (nSPS) is 17.8. The number of Topliss-reactive ketones (excluding diaryl/α,β-unsaturated/α-hetero) is 1. The van der Waals surface area contributed by atoms with E-state index in [1.165, 1.54) is 19.1 Å². The summed E-state index contributed by atoms with van der Waals surface area (Å²) >= 11 is 0. The first kappa shape index (κ1) is 24.0. The minimum atomic E-state index is -1.81. The lowest BCUT2D eigenvalue weighted by Crippen LogP contribution is -2.58. The van der Waals surface area contributed by atoms with Gasteiger partial charge in [0.15, 0.2) is 11.4 Å². The van der Waals surface area contributed by atoms with Crippen molar-refractivity contribution in [1.82, 2.24) is 14.9 Å². The maximum absolute atomic E-state index is 14.3. The lowest BCUT2D eigenvalue weighted by atomic mass is 9.72. The monoisotopic (exact) mass is 476 g/mol. The Hall–Kier alpha value is -4.14. The van der Waals surface area contributed by atoms with Crippen LogP contribution in [0.4, 0.5) is 10.5 Å². The van der Waals surface area contributed by atoms with Crippen LogP contribution in [0.15, 0.2) is 60.9 Å². The molecule has 2 heterocycles. The fourth-order valence-electron chi connectivity index (χ4n) is 4.72. The third kappa shape index (κ3) is 3.82. The predicted molar refractivity (Wildman–Crippen MR) is 130 cm³/mol. The van der Waals surface area contributed by atoms with E-state index >= 15 is 0 Å². The number of imidazole rings is 1. The number of ketones is 1. The lowest BCUT2D eigenvalue weighted by molar-refractivity contribution is -0.124. The first-order valence-corrected chi connectivity index (χ1v) is 11.2. The van der Waals surface area contributed by atoms with Gasteiger partial charge in [0.25, 0.3) is 5.91 Å². The highest BCUT2D eigenvalue weighted by Crippen LogP contribution is 2.50. The van der Waals surface area contributed by atoms with Crippen LogP contribution in [0.5, 0.6) is 5.75 Å². The number of hydrogen-bond acceptors (Lipinski definition) is 6. The number of aromatic nitrogens is 2. The van der Waals surface area contributed by atoms with E-state index in [-0.39, 0.29) is 11.9 Å². The van der Waals surface area contributed by atoms with Crippen LogP contribution in [0, 0.1) is 0 Å². The number of nitrogens with zero attached hydrogens (tertiary/aromatic N) is 3. The third-order valence-corrected chi connectivity index (χ3v) is 6.39. The molecule has 3 aromatic rings. The Bertz CT molecular complexity index is 1270. The van der Waals surface area contributed by atoms with Crippen molar-refractivity contribution in [3.05, 3.63) is 77.9 Å². The van der Waals surface area contributed by atoms with Crippen molar-refractivity contribution in [3.8, 4) is 5.75 Å². The van der Waals surface area contributed by atoms with Crippen LogP contribution >= 0.6 is 0 Å². The fraction of sp³-hybridized carbons (Fsp3) is 0.308. The van der Waals surface area contributed by atoms with Gasteiger partial charge < -0.3 is 24.3 Å². The van der Waals surface area contributed by atoms with Gasteiger partial charge in [-0.25, -0.2) is 9.78 Å². The van der Waals surface area contributed by atoms with Crippen molar-refractivity contribution in [2.24, 2.45) is 0 Å². The minimum absolute atomic E-state index is 0.0493. The highest BCUT2D eigenvalue weighted by atomic mass is 16.5. The molecule has 0 unspecified atom stereocenters. The molecule has 9 heteroatoms. The van der Waals surface area contributed by atoms with Gasteiger partial charge in [-0.05, 0) is 37.6 Å². The van der Waals surface area contributed by atoms with Gasteiger partial charge in [0.05, 0.1) is 20.1 Å². The highest BCUT2D eigenvalue weighted by Gasteiger charge is 2.59. The molecule has 1 aliphatic heterocycles. The summed E-state index contributed by atoms with van der Waals surface area (Å²) in [5, 5.41) is 2.75. The van der Waals surface area contributed by atoms with Gasteiger partial charge in [0.2, 0.25) is 5.78 Å². The number of methoxy groups -OCH3 is 2. The maximum Gasteiger partial charge on any atom is 0.408 e. The van der Waals surface area contributed by atoms with Crippen LogP contribution in [-0.2, 0) is 15.1 Å². The van der Waals surface area contributed by atoms with Gasteiger partial charge in [0, 0.05) is 36.7 Å². The molecule has 0 saturated carbocycles. The van der Waals surface area contributed by atoms with E-state index in [9.17, 15) is 14.4 Å². The van der Waals surface area contributed by atoms with Gasteiger partial charge in [-0.15, -0.1) is 0 Å². The molecule has 4 rings (SSSR count). The number of alkyl carbamates (subject to hydrolysis) is 1. The van der Waals surface area contributed by atoms with E-state index in [2.05, 4.69) is 10.3 Å². The van der Waals surface area contributed by atoms with E-state index in [1.807, 2.05) is 19.9 Å². The number of fused-ring (bicyclic) bond motifs is 1. The molecular weight excluding hydrogens is 448 g/mol. The summed E-state index contributed by atoms with van der Waals surface area (Å²) in [4.78, 5) is 46.9. The molecule has 9 nitrogen and oxygen atoms in total. The second-order valence-electron chi connectivity index (χ2n) is 8.63. The number of nitrogens with one attached hydrogen (secondary N) is 1. The molecule has 182 valence electrons. The molecule has 2 atom stereocenters. The largest absolute Gasteiger partial charge is 0.497 e. The molecule has 2 aromatic carbocycles. The third-order valence-electron chi connectivity index (χ3n) is 6.39. The van der Waals surface area contributed by atoms with Crippen molar-refractivity contribution in [2.75, 3.05) is 26.2 Å². The molecule has 0 spiro atoms. The first-order valence-electron chi connectivity index (χ1n) is 11.2. The molecular formula is C26H28N4O5. The standard InChI is InChI=1S/C26H28N4O5/c1-16(2)30-14-13-27-23(30)22(31)21(17-9-7-6-8-10-17)26(28-25(33)35-5)19-15-18(34-4)11-12-20(19)29(3)24(26)32/h6-16,21H,1-5H3,(H,28,33)/t21-,26-/m0/s1. The number of ether oxygens (including phenoxy) is 2. The quantitative estimate of drug-likeness (QED) is 0.522. The smallest absolute Gasteiger partial charge is 0.408 e. The van der Waals surface area contributed by atoms with Crippen LogP contribution in [0.3, 0.4) is 0 Å². The zero-order chi connectivity index (χ0) is 25.3. The number of amides is 2. The summed E-state index contributed by atoms with van der Waals surface area (Å²) in [6.45, 7) is 3.88. The average Bonchev–Trinajstić information content (AvgIpc) is 3.44.